The number of nitriles is 1. The van der Waals surface area contributed by atoms with E-state index in [9.17, 15) is 4.79 Å². The second-order valence-corrected chi connectivity index (χ2v) is 4.48. The lowest BCUT2D eigenvalue weighted by Crippen LogP contribution is -2.49. The third-order valence-electron chi connectivity index (χ3n) is 3.24. The van der Waals surface area contributed by atoms with E-state index >= 15 is 0 Å². The molecule has 19 heavy (non-hydrogen) atoms. The minimum Gasteiger partial charge on any atom is -0.397 e. The van der Waals surface area contributed by atoms with Gasteiger partial charge in [-0.3, -0.25) is 9.69 Å². The van der Waals surface area contributed by atoms with Gasteiger partial charge in [-0.25, -0.2) is 4.98 Å². The van der Waals surface area contributed by atoms with Crippen molar-refractivity contribution in [3.05, 3.63) is 24.0 Å². The van der Waals surface area contributed by atoms with E-state index in [2.05, 4.69) is 16.0 Å². The predicted molar refractivity (Wildman–Crippen MR) is 71.2 cm³/mol. The van der Waals surface area contributed by atoms with Gasteiger partial charge in [0.2, 0.25) is 0 Å². The lowest BCUT2D eigenvalue weighted by molar-refractivity contribution is 0.0635. The molecule has 0 saturated carbocycles. The van der Waals surface area contributed by atoms with Crippen LogP contribution in [0.5, 0.6) is 0 Å². The molecule has 0 radical (unpaired) electrons. The monoisotopic (exact) mass is 259 g/mol. The first-order valence-corrected chi connectivity index (χ1v) is 6.31. The highest BCUT2D eigenvalue weighted by molar-refractivity contribution is 5.97. The van der Waals surface area contributed by atoms with Crippen LogP contribution in [0.2, 0.25) is 0 Å². The summed E-state index contributed by atoms with van der Waals surface area (Å²) in [7, 11) is 0. The Morgan fingerprint density at radius 1 is 1.42 bits per heavy atom. The summed E-state index contributed by atoms with van der Waals surface area (Å²) < 4.78 is 0. The molecule has 1 fully saturated rings. The fourth-order valence-electron chi connectivity index (χ4n) is 2.13. The summed E-state index contributed by atoms with van der Waals surface area (Å²) in [4.78, 5) is 20.3. The third-order valence-corrected chi connectivity index (χ3v) is 3.24. The SMILES string of the molecule is N#CCCN1CCN(C(=O)c2ncccc2N)CC1. The van der Waals surface area contributed by atoms with Crippen molar-refractivity contribution in [3.8, 4) is 6.07 Å². The van der Waals surface area contributed by atoms with Crippen LogP contribution in [0, 0.1) is 11.3 Å². The van der Waals surface area contributed by atoms with Crippen LogP contribution in [0.25, 0.3) is 0 Å². The van der Waals surface area contributed by atoms with Crippen LogP contribution in [0.4, 0.5) is 5.69 Å². The standard InChI is InChI=1S/C13H17N5O/c14-4-2-6-17-7-9-18(10-8-17)13(19)12-11(15)3-1-5-16-12/h1,3,5H,2,6-10,15H2. The van der Waals surface area contributed by atoms with E-state index in [-0.39, 0.29) is 5.91 Å². The topological polar surface area (TPSA) is 86.2 Å². The highest BCUT2D eigenvalue weighted by Gasteiger charge is 2.23. The van der Waals surface area contributed by atoms with Crippen molar-refractivity contribution in [3.63, 3.8) is 0 Å². The van der Waals surface area contributed by atoms with Gasteiger partial charge < -0.3 is 10.6 Å². The summed E-state index contributed by atoms with van der Waals surface area (Å²) in [5.74, 6) is -0.113. The Labute approximate surface area is 112 Å². The molecule has 2 heterocycles. The van der Waals surface area contributed by atoms with E-state index in [0.29, 0.717) is 30.9 Å². The number of aromatic nitrogens is 1. The molecule has 2 N–H and O–H groups in total. The molecule has 0 atom stereocenters. The summed E-state index contributed by atoms with van der Waals surface area (Å²) in [5.41, 5.74) is 6.51. The largest absolute Gasteiger partial charge is 0.397 e. The van der Waals surface area contributed by atoms with Crippen LogP contribution in [0.3, 0.4) is 0 Å². The maximum Gasteiger partial charge on any atom is 0.274 e. The Morgan fingerprint density at radius 3 is 2.79 bits per heavy atom. The highest BCUT2D eigenvalue weighted by Crippen LogP contribution is 2.12. The van der Waals surface area contributed by atoms with Crippen LogP contribution in [0.1, 0.15) is 16.9 Å². The fraction of sp³-hybridized carbons (Fsp3) is 0.462. The van der Waals surface area contributed by atoms with E-state index in [0.717, 1.165) is 19.6 Å². The number of hydrogen-bond donors (Lipinski definition) is 1. The normalized spacial score (nSPS) is 16.1. The molecule has 1 aliphatic rings. The maximum absolute atomic E-state index is 12.3. The van der Waals surface area contributed by atoms with Gasteiger partial charge in [0.1, 0.15) is 0 Å². The van der Waals surface area contributed by atoms with Crippen molar-refractivity contribution < 1.29 is 4.79 Å². The molecule has 1 amide bonds. The number of nitrogens with two attached hydrogens (primary N) is 1. The average molecular weight is 259 g/mol. The number of carbonyl (C=O) groups excluding carboxylic acids is 1. The van der Waals surface area contributed by atoms with E-state index in [1.54, 1.807) is 23.2 Å². The minimum absolute atomic E-state index is 0.113. The van der Waals surface area contributed by atoms with Crippen LogP contribution in [-0.4, -0.2) is 53.4 Å². The van der Waals surface area contributed by atoms with Crippen molar-refractivity contribution in [1.82, 2.24) is 14.8 Å². The van der Waals surface area contributed by atoms with Gasteiger partial charge in [0.25, 0.3) is 5.91 Å². The van der Waals surface area contributed by atoms with Gasteiger partial charge >= 0.3 is 0 Å². The molecule has 0 aromatic carbocycles. The average Bonchev–Trinajstić information content (AvgIpc) is 2.45. The van der Waals surface area contributed by atoms with E-state index < -0.39 is 0 Å². The van der Waals surface area contributed by atoms with Crippen LogP contribution in [-0.2, 0) is 0 Å². The molecule has 100 valence electrons. The first-order chi connectivity index (χ1) is 9.22. The molecule has 1 aromatic heterocycles. The molecular weight excluding hydrogens is 242 g/mol. The number of rotatable bonds is 3. The van der Waals surface area contributed by atoms with Gasteiger partial charge in [-0.2, -0.15) is 5.26 Å². The number of piperazine rings is 1. The Morgan fingerprint density at radius 2 is 2.16 bits per heavy atom. The molecule has 2 rings (SSSR count). The first kappa shape index (κ1) is 13.3. The smallest absolute Gasteiger partial charge is 0.274 e. The molecule has 0 unspecified atom stereocenters. The number of nitrogens with zero attached hydrogens (tertiary/aromatic N) is 4. The van der Waals surface area contributed by atoms with Crippen molar-refractivity contribution >= 4 is 11.6 Å². The molecule has 6 heteroatoms. The zero-order valence-corrected chi connectivity index (χ0v) is 10.7. The zero-order valence-electron chi connectivity index (χ0n) is 10.7. The second kappa shape index (κ2) is 6.16. The Balaban J connectivity index is 1.93. The first-order valence-electron chi connectivity index (χ1n) is 6.31. The van der Waals surface area contributed by atoms with Gasteiger partial charge in [0.15, 0.2) is 5.69 Å². The quantitative estimate of drug-likeness (QED) is 0.845. The van der Waals surface area contributed by atoms with Gasteiger partial charge in [-0.15, -0.1) is 0 Å². The van der Waals surface area contributed by atoms with Crippen molar-refractivity contribution in [2.75, 3.05) is 38.5 Å². The lowest BCUT2D eigenvalue weighted by atomic mass is 10.2. The number of nitrogen functional groups attached to an aromatic ring is 1. The molecule has 1 aliphatic heterocycles. The second-order valence-electron chi connectivity index (χ2n) is 4.48. The zero-order chi connectivity index (χ0) is 13.7. The number of anilines is 1. The van der Waals surface area contributed by atoms with Gasteiger partial charge in [-0.05, 0) is 12.1 Å². The molecule has 6 nitrogen and oxygen atoms in total. The molecular formula is C13H17N5O. The van der Waals surface area contributed by atoms with Crippen molar-refractivity contribution in [1.29, 1.82) is 5.26 Å². The van der Waals surface area contributed by atoms with Crippen molar-refractivity contribution in [2.45, 2.75) is 6.42 Å². The summed E-state index contributed by atoms with van der Waals surface area (Å²) in [6.07, 6.45) is 2.11. The van der Waals surface area contributed by atoms with Gasteiger partial charge in [0, 0.05) is 45.3 Å². The summed E-state index contributed by atoms with van der Waals surface area (Å²) in [6, 6.07) is 5.53. The Bertz CT molecular complexity index is 488. The Hall–Kier alpha value is -2.13. The van der Waals surface area contributed by atoms with Gasteiger partial charge in [-0.1, -0.05) is 0 Å². The van der Waals surface area contributed by atoms with E-state index in [4.69, 9.17) is 11.0 Å². The number of carbonyl (C=O) groups is 1. The Kier molecular flexibility index (Phi) is 4.31. The summed E-state index contributed by atoms with van der Waals surface area (Å²) in [6.45, 7) is 3.66. The highest BCUT2D eigenvalue weighted by atomic mass is 16.2. The fourth-order valence-corrected chi connectivity index (χ4v) is 2.13. The number of pyridine rings is 1. The molecule has 0 aliphatic carbocycles. The van der Waals surface area contributed by atoms with Gasteiger partial charge in [0.05, 0.1) is 11.8 Å². The molecule has 0 bridgehead atoms. The molecule has 1 aromatic rings. The number of hydrogen-bond acceptors (Lipinski definition) is 5. The van der Waals surface area contributed by atoms with E-state index in [1.165, 1.54) is 0 Å². The molecule has 0 spiro atoms. The lowest BCUT2D eigenvalue weighted by Gasteiger charge is -2.34. The van der Waals surface area contributed by atoms with Crippen LogP contribution in [0.15, 0.2) is 18.3 Å². The number of amides is 1. The molecule has 1 saturated heterocycles. The predicted octanol–water partition coefficient (Wildman–Crippen LogP) is 0.335. The third kappa shape index (κ3) is 3.20. The summed E-state index contributed by atoms with van der Waals surface area (Å²) in [5, 5.41) is 8.55. The van der Waals surface area contributed by atoms with Crippen LogP contribution >= 0.6 is 0 Å². The minimum atomic E-state index is -0.113. The summed E-state index contributed by atoms with van der Waals surface area (Å²) >= 11 is 0. The maximum atomic E-state index is 12.3. The van der Waals surface area contributed by atoms with Crippen molar-refractivity contribution in [2.24, 2.45) is 0 Å². The van der Waals surface area contributed by atoms with E-state index in [1.807, 2.05) is 0 Å². The van der Waals surface area contributed by atoms with Crippen LogP contribution < -0.4 is 5.73 Å².